The Morgan fingerprint density at radius 3 is 2.81 bits per heavy atom. The largest absolute Gasteiger partial charge is 0.398 e. The molecule has 0 aliphatic heterocycles. The van der Waals surface area contributed by atoms with Crippen LogP contribution in [0.3, 0.4) is 0 Å². The van der Waals surface area contributed by atoms with Crippen LogP contribution in [-0.2, 0) is 6.42 Å². The van der Waals surface area contributed by atoms with Gasteiger partial charge >= 0.3 is 0 Å². The topological polar surface area (TPSA) is 55.1 Å². The minimum atomic E-state index is -0.246. The lowest BCUT2D eigenvalue weighted by Gasteiger charge is -2.09. The molecule has 3 nitrogen and oxygen atoms in total. The molecule has 0 spiro atoms. The summed E-state index contributed by atoms with van der Waals surface area (Å²) in [5, 5.41) is 2.84. The highest BCUT2D eigenvalue weighted by Gasteiger charge is 2.11. The molecule has 0 heterocycles. The van der Waals surface area contributed by atoms with Crippen molar-refractivity contribution in [3.8, 4) is 0 Å². The van der Waals surface area contributed by atoms with Crippen LogP contribution < -0.4 is 11.1 Å². The number of hydrogen-bond donors (Lipinski definition) is 2. The predicted octanol–water partition coefficient (Wildman–Crippen LogP) is 3.45. The van der Waals surface area contributed by atoms with Crippen molar-refractivity contribution in [2.24, 2.45) is 0 Å². The maximum Gasteiger partial charge on any atom is 0.252 e. The third-order valence-electron chi connectivity index (χ3n) is 3.26. The fourth-order valence-electron chi connectivity index (χ4n) is 2.07. The Bertz CT molecular complexity index is 673. The van der Waals surface area contributed by atoms with E-state index in [4.69, 9.17) is 5.73 Å². The zero-order valence-corrected chi connectivity index (χ0v) is 13.2. The van der Waals surface area contributed by atoms with Gasteiger partial charge < -0.3 is 11.1 Å². The van der Waals surface area contributed by atoms with Crippen LogP contribution in [0, 0.1) is 12.7 Å². The van der Waals surface area contributed by atoms with Gasteiger partial charge in [0.25, 0.3) is 5.91 Å². The van der Waals surface area contributed by atoms with E-state index in [2.05, 4.69) is 21.2 Å². The molecule has 0 saturated heterocycles. The lowest BCUT2D eigenvalue weighted by atomic mass is 10.1. The molecule has 0 radical (unpaired) electrons. The first kappa shape index (κ1) is 15.5. The fourth-order valence-corrected chi connectivity index (χ4v) is 2.52. The van der Waals surface area contributed by atoms with Crippen LogP contribution in [0.5, 0.6) is 0 Å². The number of rotatable bonds is 4. The highest BCUT2D eigenvalue weighted by molar-refractivity contribution is 9.10. The zero-order chi connectivity index (χ0) is 15.4. The molecule has 0 aromatic heterocycles. The van der Waals surface area contributed by atoms with Gasteiger partial charge in [-0.05, 0) is 64.7 Å². The number of nitrogens with two attached hydrogens (primary N) is 1. The first-order valence-corrected chi connectivity index (χ1v) is 7.35. The van der Waals surface area contributed by atoms with Crippen LogP contribution in [-0.4, -0.2) is 12.5 Å². The van der Waals surface area contributed by atoms with Crippen LogP contribution in [0.1, 0.15) is 21.5 Å². The molecule has 110 valence electrons. The van der Waals surface area contributed by atoms with Crippen LogP contribution >= 0.6 is 15.9 Å². The van der Waals surface area contributed by atoms with Gasteiger partial charge in [-0.3, -0.25) is 4.79 Å². The summed E-state index contributed by atoms with van der Waals surface area (Å²) in [6.45, 7) is 2.33. The van der Waals surface area contributed by atoms with E-state index in [0.29, 0.717) is 28.7 Å². The molecule has 3 N–H and O–H groups in total. The molecule has 0 bridgehead atoms. The molecule has 0 fully saturated rings. The highest BCUT2D eigenvalue weighted by Crippen LogP contribution is 2.23. The standard InChI is InChI=1S/C16H16BrFN2O/c1-10-9-12(18)6-5-11(10)7-8-20-16(21)13-3-2-4-14(19)15(13)17/h2-6,9H,7-8,19H2,1H3,(H,20,21). The van der Waals surface area contributed by atoms with Crippen molar-refractivity contribution in [1.29, 1.82) is 0 Å². The van der Waals surface area contributed by atoms with Gasteiger partial charge in [0.15, 0.2) is 0 Å². The van der Waals surface area contributed by atoms with Gasteiger partial charge in [-0.1, -0.05) is 12.1 Å². The summed E-state index contributed by atoms with van der Waals surface area (Å²) in [6, 6.07) is 9.83. The van der Waals surface area contributed by atoms with Crippen molar-refractivity contribution in [2.45, 2.75) is 13.3 Å². The van der Waals surface area contributed by atoms with Crippen LogP contribution in [0.4, 0.5) is 10.1 Å². The average Bonchev–Trinajstić information content (AvgIpc) is 2.44. The van der Waals surface area contributed by atoms with Gasteiger partial charge in [-0.25, -0.2) is 4.39 Å². The Hall–Kier alpha value is -1.88. The molecule has 2 rings (SSSR count). The van der Waals surface area contributed by atoms with E-state index >= 15 is 0 Å². The SMILES string of the molecule is Cc1cc(F)ccc1CCNC(=O)c1cccc(N)c1Br. The number of hydrogen-bond acceptors (Lipinski definition) is 2. The third-order valence-corrected chi connectivity index (χ3v) is 4.14. The highest BCUT2D eigenvalue weighted by atomic mass is 79.9. The molecule has 0 aliphatic carbocycles. The predicted molar refractivity (Wildman–Crippen MR) is 85.7 cm³/mol. The second kappa shape index (κ2) is 6.72. The molecule has 2 aromatic rings. The number of benzene rings is 2. The van der Waals surface area contributed by atoms with Crippen molar-refractivity contribution in [3.63, 3.8) is 0 Å². The van der Waals surface area contributed by atoms with Gasteiger partial charge in [-0.2, -0.15) is 0 Å². The average molecular weight is 351 g/mol. The maximum absolute atomic E-state index is 13.0. The minimum absolute atomic E-state index is 0.186. The zero-order valence-electron chi connectivity index (χ0n) is 11.6. The Morgan fingerprint density at radius 2 is 2.10 bits per heavy atom. The Labute approximate surface area is 131 Å². The van der Waals surface area contributed by atoms with E-state index in [1.165, 1.54) is 12.1 Å². The van der Waals surface area contributed by atoms with E-state index in [1.807, 2.05) is 6.92 Å². The number of nitrogen functional groups attached to an aromatic ring is 1. The molecular formula is C16H16BrFN2O. The van der Waals surface area contributed by atoms with Gasteiger partial charge in [0.1, 0.15) is 5.82 Å². The first-order valence-electron chi connectivity index (χ1n) is 6.56. The quantitative estimate of drug-likeness (QED) is 0.829. The van der Waals surface area contributed by atoms with Crippen molar-refractivity contribution in [1.82, 2.24) is 5.32 Å². The van der Waals surface area contributed by atoms with E-state index in [1.54, 1.807) is 24.3 Å². The normalized spacial score (nSPS) is 10.4. The number of halogens is 2. The van der Waals surface area contributed by atoms with Crippen molar-refractivity contribution < 1.29 is 9.18 Å². The summed E-state index contributed by atoms with van der Waals surface area (Å²) >= 11 is 3.31. The molecule has 1 amide bonds. The summed E-state index contributed by atoms with van der Waals surface area (Å²) in [6.07, 6.45) is 0.651. The summed E-state index contributed by atoms with van der Waals surface area (Å²) in [5.74, 6) is -0.432. The van der Waals surface area contributed by atoms with Crippen LogP contribution in [0.15, 0.2) is 40.9 Å². The van der Waals surface area contributed by atoms with E-state index in [0.717, 1.165) is 11.1 Å². The molecule has 0 unspecified atom stereocenters. The number of anilines is 1. The van der Waals surface area contributed by atoms with Gasteiger partial charge in [-0.15, -0.1) is 0 Å². The number of carbonyl (C=O) groups excluding carboxylic acids is 1. The smallest absolute Gasteiger partial charge is 0.252 e. The van der Waals surface area contributed by atoms with Crippen LogP contribution in [0.2, 0.25) is 0 Å². The van der Waals surface area contributed by atoms with Gasteiger partial charge in [0, 0.05) is 12.2 Å². The fraction of sp³-hybridized carbons (Fsp3) is 0.188. The summed E-state index contributed by atoms with van der Waals surface area (Å²) in [7, 11) is 0. The molecule has 21 heavy (non-hydrogen) atoms. The van der Waals surface area contributed by atoms with Crippen molar-refractivity contribution in [2.75, 3.05) is 12.3 Å². The minimum Gasteiger partial charge on any atom is -0.398 e. The monoisotopic (exact) mass is 350 g/mol. The maximum atomic E-state index is 13.0. The lowest BCUT2D eigenvalue weighted by molar-refractivity contribution is 0.0953. The lowest BCUT2D eigenvalue weighted by Crippen LogP contribution is -2.26. The molecule has 2 aromatic carbocycles. The summed E-state index contributed by atoms with van der Waals surface area (Å²) in [5.41, 5.74) is 8.68. The molecule has 5 heteroatoms. The Balaban J connectivity index is 1.97. The van der Waals surface area contributed by atoms with E-state index in [9.17, 15) is 9.18 Å². The van der Waals surface area contributed by atoms with Gasteiger partial charge in [0.2, 0.25) is 0 Å². The third kappa shape index (κ3) is 3.82. The van der Waals surface area contributed by atoms with Crippen LogP contribution in [0.25, 0.3) is 0 Å². The van der Waals surface area contributed by atoms with Crippen molar-refractivity contribution >= 4 is 27.5 Å². The van der Waals surface area contributed by atoms with E-state index < -0.39 is 0 Å². The first-order chi connectivity index (χ1) is 9.99. The Morgan fingerprint density at radius 1 is 1.33 bits per heavy atom. The number of aryl methyl sites for hydroxylation is 1. The summed E-state index contributed by atoms with van der Waals surface area (Å²) in [4.78, 5) is 12.1. The van der Waals surface area contributed by atoms with Gasteiger partial charge in [0.05, 0.1) is 10.0 Å². The molecule has 0 atom stereocenters. The molecular weight excluding hydrogens is 335 g/mol. The number of carbonyl (C=O) groups is 1. The Kier molecular flexibility index (Phi) is 4.96. The number of nitrogens with one attached hydrogen (secondary N) is 1. The van der Waals surface area contributed by atoms with Crippen molar-refractivity contribution in [3.05, 3.63) is 63.4 Å². The second-order valence-electron chi connectivity index (χ2n) is 4.79. The summed E-state index contributed by atoms with van der Waals surface area (Å²) < 4.78 is 13.6. The second-order valence-corrected chi connectivity index (χ2v) is 5.58. The number of amides is 1. The molecule has 0 saturated carbocycles. The molecule has 0 aliphatic rings. The van der Waals surface area contributed by atoms with E-state index in [-0.39, 0.29) is 11.7 Å².